The molecule has 0 aliphatic carbocycles. The van der Waals surface area contributed by atoms with Gasteiger partial charge in [-0.3, -0.25) is 0 Å². The maximum atomic E-state index is 13.3. The molecule has 0 saturated carbocycles. The number of carboxylic acid groups (broad SMARTS) is 1. The normalized spacial score (nSPS) is 16.2. The van der Waals surface area contributed by atoms with Gasteiger partial charge in [0.1, 0.15) is 6.61 Å². The number of aliphatic carboxylic acids is 1. The SMILES string of the molecule is C=C(F)OC(F)(F)C(F)(OCC(F)(F)C(=O)O)C(F)(F)F. The van der Waals surface area contributed by atoms with Gasteiger partial charge in [-0.05, 0) is 6.58 Å². The second-order valence-corrected chi connectivity index (χ2v) is 3.37. The van der Waals surface area contributed by atoms with Crippen molar-refractivity contribution in [3.05, 3.63) is 12.6 Å². The third-order valence-corrected chi connectivity index (χ3v) is 1.74. The van der Waals surface area contributed by atoms with Crippen LogP contribution >= 0.6 is 0 Å². The van der Waals surface area contributed by atoms with Gasteiger partial charge in [0.15, 0.2) is 0 Å². The predicted molar refractivity (Wildman–Crippen MR) is 44.7 cm³/mol. The minimum atomic E-state index is -6.67. The zero-order valence-corrected chi connectivity index (χ0v) is 9.49. The average molecular weight is 336 g/mol. The molecular weight excluding hydrogens is 331 g/mol. The van der Waals surface area contributed by atoms with Gasteiger partial charge in [-0.15, -0.1) is 0 Å². The van der Waals surface area contributed by atoms with E-state index >= 15 is 0 Å². The van der Waals surface area contributed by atoms with Crippen molar-refractivity contribution >= 4 is 5.97 Å². The number of ether oxygens (including phenoxy) is 2. The topological polar surface area (TPSA) is 55.8 Å². The number of hydrogen-bond donors (Lipinski definition) is 1. The van der Waals surface area contributed by atoms with E-state index < -0.39 is 42.7 Å². The Morgan fingerprint density at radius 3 is 1.76 bits per heavy atom. The van der Waals surface area contributed by atoms with Gasteiger partial charge >= 0.3 is 30.0 Å². The summed E-state index contributed by atoms with van der Waals surface area (Å²) < 4.78 is 118. The number of hydrogen-bond acceptors (Lipinski definition) is 3. The summed E-state index contributed by atoms with van der Waals surface area (Å²) in [7, 11) is 0. The van der Waals surface area contributed by atoms with Crippen molar-refractivity contribution in [2.75, 3.05) is 6.61 Å². The van der Waals surface area contributed by atoms with Gasteiger partial charge < -0.3 is 14.6 Å². The molecule has 0 fully saturated rings. The molecule has 1 atom stereocenters. The van der Waals surface area contributed by atoms with Crippen LogP contribution in [-0.2, 0) is 14.3 Å². The number of alkyl halides is 8. The van der Waals surface area contributed by atoms with E-state index in [1.807, 2.05) is 6.58 Å². The highest BCUT2D eigenvalue weighted by molar-refractivity contribution is 5.75. The fourth-order valence-corrected chi connectivity index (χ4v) is 0.787. The van der Waals surface area contributed by atoms with E-state index in [1.165, 1.54) is 0 Å². The first kappa shape index (κ1) is 19.3. The molecule has 0 rings (SSSR count). The highest BCUT2D eigenvalue weighted by atomic mass is 19.4. The van der Waals surface area contributed by atoms with Crippen LogP contribution < -0.4 is 0 Å². The quantitative estimate of drug-likeness (QED) is 0.574. The van der Waals surface area contributed by atoms with Crippen LogP contribution in [0, 0.1) is 0 Å². The summed E-state index contributed by atoms with van der Waals surface area (Å²) in [5.41, 5.74) is 0. The standard InChI is InChI=1S/C8H5F9O4/c1-3(9)21-8(16,17)6(12,7(13,14)15)20-2-5(10,11)4(18)19/h1-2H2,(H,18,19). The van der Waals surface area contributed by atoms with E-state index in [4.69, 9.17) is 5.11 Å². The van der Waals surface area contributed by atoms with Crippen molar-refractivity contribution in [3.63, 3.8) is 0 Å². The first-order chi connectivity index (χ1) is 9.07. The fraction of sp³-hybridized carbons (Fsp3) is 0.625. The fourth-order valence-electron chi connectivity index (χ4n) is 0.787. The monoisotopic (exact) mass is 336 g/mol. The summed E-state index contributed by atoms with van der Waals surface area (Å²) in [6, 6.07) is -2.57. The first-order valence-electron chi connectivity index (χ1n) is 4.49. The Kier molecular flexibility index (Phi) is 5.17. The Balaban J connectivity index is 5.49. The summed E-state index contributed by atoms with van der Waals surface area (Å²) in [5.74, 6) is -14.4. The van der Waals surface area contributed by atoms with Crippen LogP contribution in [0.4, 0.5) is 39.5 Å². The van der Waals surface area contributed by atoms with E-state index in [9.17, 15) is 44.3 Å². The van der Waals surface area contributed by atoms with Gasteiger partial charge in [-0.1, -0.05) is 0 Å². The van der Waals surface area contributed by atoms with E-state index in [0.29, 0.717) is 0 Å². The average Bonchev–Trinajstić information content (AvgIpc) is 2.21. The Hall–Kier alpha value is -1.66. The van der Waals surface area contributed by atoms with E-state index in [2.05, 4.69) is 9.47 Å². The molecule has 0 spiro atoms. The van der Waals surface area contributed by atoms with Crippen molar-refractivity contribution in [3.8, 4) is 0 Å². The second kappa shape index (κ2) is 5.61. The highest BCUT2D eigenvalue weighted by Gasteiger charge is 2.76. The van der Waals surface area contributed by atoms with Crippen LogP contribution in [0.3, 0.4) is 0 Å². The molecule has 0 aromatic rings. The van der Waals surface area contributed by atoms with Crippen molar-refractivity contribution in [2.45, 2.75) is 24.1 Å². The molecule has 13 heteroatoms. The summed E-state index contributed by atoms with van der Waals surface area (Å²) >= 11 is 0. The summed E-state index contributed by atoms with van der Waals surface area (Å²) in [4.78, 5) is 9.89. The molecule has 0 aliphatic heterocycles. The Labute approximate surface area is 109 Å². The van der Waals surface area contributed by atoms with Crippen molar-refractivity contribution in [2.24, 2.45) is 0 Å². The van der Waals surface area contributed by atoms with Crippen LogP contribution in [0.5, 0.6) is 0 Å². The smallest absolute Gasteiger partial charge is 0.471 e. The lowest BCUT2D eigenvalue weighted by molar-refractivity contribution is -0.458. The lowest BCUT2D eigenvalue weighted by Crippen LogP contribution is -2.59. The molecule has 1 unspecified atom stereocenters. The van der Waals surface area contributed by atoms with Crippen LogP contribution in [0.1, 0.15) is 0 Å². The van der Waals surface area contributed by atoms with E-state index in [-0.39, 0.29) is 0 Å². The molecule has 0 aromatic heterocycles. The number of carbonyl (C=O) groups is 1. The first-order valence-corrected chi connectivity index (χ1v) is 4.49. The van der Waals surface area contributed by atoms with Crippen molar-refractivity contribution in [1.29, 1.82) is 0 Å². The molecule has 1 N–H and O–H groups in total. The molecule has 0 radical (unpaired) electrons. The summed E-state index contributed by atoms with van der Waals surface area (Å²) in [6.45, 7) is -0.948. The van der Waals surface area contributed by atoms with Crippen LogP contribution in [-0.4, -0.2) is 41.7 Å². The highest BCUT2D eigenvalue weighted by Crippen LogP contribution is 2.48. The van der Waals surface area contributed by atoms with Crippen LogP contribution in [0.2, 0.25) is 0 Å². The van der Waals surface area contributed by atoms with Gasteiger partial charge in [0.2, 0.25) is 0 Å². The van der Waals surface area contributed by atoms with Crippen LogP contribution in [0.25, 0.3) is 0 Å². The summed E-state index contributed by atoms with van der Waals surface area (Å²) in [6.07, 6.45) is -12.8. The largest absolute Gasteiger partial charge is 0.477 e. The molecule has 0 aromatic carbocycles. The van der Waals surface area contributed by atoms with Crippen LogP contribution in [0.15, 0.2) is 12.6 Å². The number of rotatable bonds is 7. The second-order valence-electron chi connectivity index (χ2n) is 3.37. The molecule has 0 heterocycles. The minimum absolute atomic E-state index is 1.97. The maximum Gasteiger partial charge on any atom is 0.471 e. The van der Waals surface area contributed by atoms with Gasteiger partial charge in [0.25, 0.3) is 6.01 Å². The van der Waals surface area contributed by atoms with E-state index in [1.54, 1.807) is 0 Å². The molecule has 21 heavy (non-hydrogen) atoms. The Morgan fingerprint density at radius 1 is 1.05 bits per heavy atom. The lowest BCUT2D eigenvalue weighted by atomic mass is 10.2. The van der Waals surface area contributed by atoms with Crippen molar-refractivity contribution < 1.29 is 58.9 Å². The molecule has 0 aliphatic rings. The van der Waals surface area contributed by atoms with Gasteiger partial charge in [-0.2, -0.15) is 39.5 Å². The van der Waals surface area contributed by atoms with Crippen molar-refractivity contribution in [1.82, 2.24) is 0 Å². The molecule has 0 bridgehead atoms. The predicted octanol–water partition coefficient (Wildman–Crippen LogP) is 3.00. The minimum Gasteiger partial charge on any atom is -0.477 e. The molecule has 124 valence electrons. The number of halogens is 9. The molecule has 4 nitrogen and oxygen atoms in total. The zero-order chi connectivity index (χ0) is 17.3. The molecule has 0 saturated heterocycles. The summed E-state index contributed by atoms with van der Waals surface area (Å²) in [5, 5.41) is 7.86. The maximum absolute atomic E-state index is 13.3. The Bertz CT molecular complexity index is 418. The van der Waals surface area contributed by atoms with E-state index in [0.717, 1.165) is 0 Å². The number of carboxylic acids is 1. The third-order valence-electron chi connectivity index (χ3n) is 1.74. The molecule has 0 amide bonds. The molecular formula is C8H5F9O4. The van der Waals surface area contributed by atoms with Gasteiger partial charge in [0.05, 0.1) is 0 Å². The zero-order valence-electron chi connectivity index (χ0n) is 9.49. The lowest BCUT2D eigenvalue weighted by Gasteiger charge is -2.33. The Morgan fingerprint density at radius 2 is 1.48 bits per heavy atom. The van der Waals surface area contributed by atoms with Gasteiger partial charge in [0, 0.05) is 0 Å². The third kappa shape index (κ3) is 4.15. The van der Waals surface area contributed by atoms with Gasteiger partial charge in [-0.25, -0.2) is 4.79 Å².